The first-order valence-electron chi connectivity index (χ1n) is 8.94. The molecule has 0 fully saturated rings. The van der Waals surface area contributed by atoms with Crippen LogP contribution in [-0.4, -0.2) is 51.6 Å². The molecule has 1 atom stereocenters. The molecule has 1 aliphatic rings. The summed E-state index contributed by atoms with van der Waals surface area (Å²) in [7, 11) is 0. The van der Waals surface area contributed by atoms with Gasteiger partial charge in [0.1, 0.15) is 5.75 Å². The van der Waals surface area contributed by atoms with Gasteiger partial charge in [0.25, 0.3) is 0 Å². The number of hydrogen-bond donors (Lipinski definition) is 2. The van der Waals surface area contributed by atoms with Crippen molar-refractivity contribution in [2.24, 2.45) is 5.10 Å². The van der Waals surface area contributed by atoms with E-state index < -0.39 is 30.5 Å². The van der Waals surface area contributed by atoms with Crippen molar-refractivity contribution in [3.8, 4) is 5.75 Å². The summed E-state index contributed by atoms with van der Waals surface area (Å²) in [5.41, 5.74) is -3.18. The second-order valence-corrected chi connectivity index (χ2v) is 7.32. The number of halogens is 4. The number of thiazole rings is 1. The summed E-state index contributed by atoms with van der Waals surface area (Å²) in [6, 6.07) is 5.86. The van der Waals surface area contributed by atoms with Crippen molar-refractivity contribution in [3.05, 3.63) is 47.0 Å². The summed E-state index contributed by atoms with van der Waals surface area (Å²) in [6.07, 6.45) is -2.37. The number of allylic oxidation sites excluding steroid dienone is 1. The topological polar surface area (TPSA) is 95.2 Å². The average Bonchev–Trinajstić information content (AvgIpc) is 3.33. The van der Waals surface area contributed by atoms with Gasteiger partial charge in [-0.15, -0.1) is 11.3 Å². The van der Waals surface area contributed by atoms with Gasteiger partial charge >= 0.3 is 18.3 Å². The number of hydrazone groups is 1. The Bertz CT molecular complexity index is 1010. The number of phenols is 1. The van der Waals surface area contributed by atoms with E-state index in [1.807, 2.05) is 0 Å². The maximum Gasteiger partial charge on any atom is 0.357 e. The van der Waals surface area contributed by atoms with Crippen LogP contribution in [0.2, 0.25) is 0 Å². The smallest absolute Gasteiger partial charge is 0.357 e. The highest BCUT2D eigenvalue weighted by Crippen LogP contribution is 2.45. The summed E-state index contributed by atoms with van der Waals surface area (Å²) in [5, 5.41) is 24.9. The van der Waals surface area contributed by atoms with E-state index >= 15 is 0 Å². The minimum atomic E-state index is -4.86. The normalized spacial score (nSPS) is 19.3. The number of hydrogen-bond acceptors (Lipinski definition) is 8. The molecule has 0 saturated carbocycles. The molecule has 12 heteroatoms. The number of phenolic OH excluding ortho intramolecular Hbond substituents is 1. The molecule has 1 aliphatic heterocycles. The Morgan fingerprint density at radius 3 is 2.65 bits per heavy atom. The largest absolute Gasteiger partial charge is 0.508 e. The molecule has 1 unspecified atom stereocenters. The van der Waals surface area contributed by atoms with Crippen molar-refractivity contribution >= 4 is 34.2 Å². The van der Waals surface area contributed by atoms with Crippen LogP contribution in [0.1, 0.15) is 29.4 Å². The molecule has 0 amide bonds. The number of nitrogens with zero attached hydrogens (tertiary/aromatic N) is 3. The molecular formula is C19H17F4N3O4S. The summed E-state index contributed by atoms with van der Waals surface area (Å²) in [5.74, 6) is -5.67. The van der Waals surface area contributed by atoms with Crippen molar-refractivity contribution in [1.82, 2.24) is 4.98 Å². The number of benzene rings is 1. The first kappa shape index (κ1) is 22.7. The third-order valence-corrected chi connectivity index (χ3v) is 5.15. The van der Waals surface area contributed by atoms with Gasteiger partial charge in [-0.05, 0) is 30.7 Å². The van der Waals surface area contributed by atoms with E-state index in [4.69, 9.17) is 4.74 Å². The molecule has 166 valence electrons. The third kappa shape index (κ3) is 4.39. The molecule has 1 aromatic heterocycles. The van der Waals surface area contributed by atoms with Crippen molar-refractivity contribution in [2.75, 3.05) is 11.6 Å². The Morgan fingerprint density at radius 1 is 1.35 bits per heavy atom. The molecule has 0 saturated heterocycles. The molecule has 0 spiro atoms. The van der Waals surface area contributed by atoms with Crippen molar-refractivity contribution in [2.45, 2.75) is 31.4 Å². The van der Waals surface area contributed by atoms with Gasteiger partial charge in [0.05, 0.1) is 12.3 Å². The zero-order valence-corrected chi connectivity index (χ0v) is 16.8. The molecule has 31 heavy (non-hydrogen) atoms. The van der Waals surface area contributed by atoms with E-state index in [1.54, 1.807) is 6.92 Å². The van der Waals surface area contributed by atoms with Crippen molar-refractivity contribution in [1.29, 1.82) is 0 Å². The Hall–Kier alpha value is -2.99. The van der Waals surface area contributed by atoms with E-state index in [-0.39, 0.29) is 28.9 Å². The average molecular weight is 459 g/mol. The monoisotopic (exact) mass is 459 g/mol. The maximum absolute atomic E-state index is 14.4. The highest BCUT2D eigenvalue weighted by atomic mass is 32.1. The number of aromatic hydroxyl groups is 1. The molecule has 3 rings (SSSR count). The van der Waals surface area contributed by atoms with E-state index in [9.17, 15) is 32.6 Å². The highest BCUT2D eigenvalue weighted by Gasteiger charge is 2.66. The fourth-order valence-corrected chi connectivity index (χ4v) is 3.55. The molecule has 2 N–H and O–H groups in total. The van der Waals surface area contributed by atoms with Crippen LogP contribution >= 0.6 is 11.3 Å². The first-order valence-corrected chi connectivity index (χ1v) is 9.82. The van der Waals surface area contributed by atoms with Crippen LogP contribution in [0.3, 0.4) is 0 Å². The standard InChI is InChI=1S/C19H17F4N3O4S/c1-2-30-15(28)14-10-31-17(24-14)26-18(29,19(22,23)16(20)21)9-12(25-26)6-3-11-4-7-13(27)8-5-11/h3-8,10,16,27,29H,2,9H2,1H3. The van der Waals surface area contributed by atoms with Gasteiger partial charge in [0, 0.05) is 11.8 Å². The number of carbonyl (C=O) groups is 1. The molecule has 1 aromatic carbocycles. The lowest BCUT2D eigenvalue weighted by Gasteiger charge is -2.36. The number of esters is 1. The van der Waals surface area contributed by atoms with Gasteiger partial charge in [-0.1, -0.05) is 18.2 Å². The Morgan fingerprint density at radius 2 is 2.03 bits per heavy atom. The van der Waals surface area contributed by atoms with Gasteiger partial charge in [-0.25, -0.2) is 18.6 Å². The number of aliphatic hydroxyl groups is 1. The first-order chi connectivity index (χ1) is 14.6. The molecular weight excluding hydrogens is 442 g/mol. The molecule has 2 aromatic rings. The van der Waals surface area contributed by atoms with Gasteiger partial charge in [-0.2, -0.15) is 18.9 Å². The summed E-state index contributed by atoms with van der Waals surface area (Å²) in [6.45, 7) is 1.61. The Labute approximate surface area is 177 Å². The van der Waals surface area contributed by atoms with Crippen molar-refractivity contribution < 1.29 is 37.3 Å². The summed E-state index contributed by atoms with van der Waals surface area (Å²) < 4.78 is 59.7. The summed E-state index contributed by atoms with van der Waals surface area (Å²) >= 11 is 0.666. The second kappa shape index (κ2) is 8.63. The van der Waals surface area contributed by atoms with Crippen molar-refractivity contribution in [3.63, 3.8) is 0 Å². The van der Waals surface area contributed by atoms with Crippen LogP contribution in [0, 0.1) is 0 Å². The Kier molecular flexibility index (Phi) is 6.32. The van der Waals surface area contributed by atoms with Crippen LogP contribution in [0.25, 0.3) is 6.08 Å². The summed E-state index contributed by atoms with van der Waals surface area (Å²) in [4.78, 5) is 15.6. The predicted octanol–water partition coefficient (Wildman–Crippen LogP) is 3.89. The van der Waals surface area contributed by atoms with Crippen LogP contribution in [0.5, 0.6) is 5.75 Å². The van der Waals surface area contributed by atoms with Gasteiger partial charge in [0.15, 0.2) is 5.69 Å². The van der Waals surface area contributed by atoms with E-state index in [2.05, 4.69) is 10.1 Å². The van der Waals surface area contributed by atoms with Gasteiger partial charge in [0.2, 0.25) is 10.9 Å². The molecule has 2 heterocycles. The number of anilines is 1. The zero-order chi connectivity index (χ0) is 22.8. The van der Waals surface area contributed by atoms with Gasteiger partial charge in [-0.3, -0.25) is 0 Å². The van der Waals surface area contributed by atoms with E-state index in [0.717, 1.165) is 0 Å². The minimum absolute atomic E-state index is 0.0219. The third-order valence-electron chi connectivity index (χ3n) is 4.33. The lowest BCUT2D eigenvalue weighted by molar-refractivity contribution is -0.237. The SMILES string of the molecule is CCOC(=O)c1csc(N2N=C(C=Cc3ccc(O)cc3)CC2(O)C(F)(F)C(F)F)n1. The minimum Gasteiger partial charge on any atom is -0.508 e. The maximum atomic E-state index is 14.4. The van der Waals surface area contributed by atoms with Crippen LogP contribution in [-0.2, 0) is 4.74 Å². The van der Waals surface area contributed by atoms with E-state index in [0.29, 0.717) is 21.9 Å². The fourth-order valence-electron chi connectivity index (χ4n) is 2.74. The number of ether oxygens (including phenoxy) is 1. The lowest BCUT2D eigenvalue weighted by Crippen LogP contribution is -2.60. The van der Waals surface area contributed by atoms with E-state index in [1.165, 1.54) is 41.8 Å². The number of rotatable bonds is 7. The Balaban J connectivity index is 1.96. The van der Waals surface area contributed by atoms with Gasteiger partial charge < -0.3 is 14.9 Å². The number of aromatic nitrogens is 1. The van der Waals surface area contributed by atoms with Crippen LogP contribution in [0.15, 0.2) is 40.8 Å². The fraction of sp³-hybridized carbons (Fsp3) is 0.316. The highest BCUT2D eigenvalue weighted by molar-refractivity contribution is 7.14. The number of carbonyl (C=O) groups excluding carboxylic acids is 1. The second-order valence-electron chi connectivity index (χ2n) is 6.48. The molecule has 7 nitrogen and oxygen atoms in total. The van der Waals surface area contributed by atoms with Crippen LogP contribution in [0.4, 0.5) is 22.7 Å². The quantitative estimate of drug-likeness (QED) is 0.482. The molecule has 0 bridgehead atoms. The zero-order valence-electron chi connectivity index (χ0n) is 16.0. The number of alkyl halides is 4. The lowest BCUT2D eigenvalue weighted by atomic mass is 9.99. The molecule has 0 radical (unpaired) electrons. The predicted molar refractivity (Wildman–Crippen MR) is 106 cm³/mol. The molecule has 0 aliphatic carbocycles. The van der Waals surface area contributed by atoms with Crippen LogP contribution < -0.4 is 5.01 Å².